The fourth-order valence-corrected chi connectivity index (χ4v) is 3.19. The number of aromatic nitrogens is 2. The maximum absolute atomic E-state index is 12.9. The first kappa shape index (κ1) is 19.9. The summed E-state index contributed by atoms with van der Waals surface area (Å²) >= 11 is 1.38. The lowest BCUT2D eigenvalue weighted by atomic mass is 10.1. The lowest BCUT2D eigenvalue weighted by Gasteiger charge is -2.05. The van der Waals surface area contributed by atoms with Gasteiger partial charge in [0, 0.05) is 29.4 Å². The van der Waals surface area contributed by atoms with E-state index in [4.69, 9.17) is 13.9 Å². The summed E-state index contributed by atoms with van der Waals surface area (Å²) in [7, 11) is 3.14. The van der Waals surface area contributed by atoms with E-state index < -0.39 is 0 Å². The Kier molecular flexibility index (Phi) is 6.65. The van der Waals surface area contributed by atoms with Crippen molar-refractivity contribution in [3.8, 4) is 23.0 Å². The second kappa shape index (κ2) is 9.36. The molecule has 0 amide bonds. The molecular weight excluding hydrogens is 383 g/mol. The molecule has 8 heteroatoms. The van der Waals surface area contributed by atoms with Crippen molar-refractivity contribution in [1.82, 2.24) is 10.2 Å². The zero-order valence-corrected chi connectivity index (χ0v) is 16.3. The van der Waals surface area contributed by atoms with E-state index in [1.807, 2.05) is 0 Å². The molecule has 0 saturated carbocycles. The van der Waals surface area contributed by atoms with Crippen molar-refractivity contribution in [2.75, 3.05) is 20.0 Å². The molecule has 0 saturated heterocycles. The smallest absolute Gasteiger partial charge is 0.276 e. The first-order valence-electron chi connectivity index (χ1n) is 8.57. The number of halogens is 1. The minimum Gasteiger partial charge on any atom is -0.497 e. The highest BCUT2D eigenvalue weighted by molar-refractivity contribution is 7.99. The van der Waals surface area contributed by atoms with Crippen LogP contribution in [0.1, 0.15) is 23.2 Å². The Hall–Kier alpha value is -2.87. The molecule has 6 nitrogen and oxygen atoms in total. The van der Waals surface area contributed by atoms with Gasteiger partial charge in [-0.1, -0.05) is 11.8 Å². The Bertz CT molecular complexity index is 921. The number of carbonyl (C=O) groups is 1. The van der Waals surface area contributed by atoms with Gasteiger partial charge >= 0.3 is 0 Å². The molecule has 1 heterocycles. The number of thioether (sulfide) groups is 1. The lowest BCUT2D eigenvalue weighted by molar-refractivity contribution is 0.0982. The first-order chi connectivity index (χ1) is 13.6. The predicted molar refractivity (Wildman–Crippen MR) is 104 cm³/mol. The number of nitrogens with zero attached hydrogens (tertiary/aromatic N) is 2. The second-order valence-corrected chi connectivity index (χ2v) is 6.90. The Morgan fingerprint density at radius 2 is 1.75 bits per heavy atom. The average molecular weight is 402 g/mol. The van der Waals surface area contributed by atoms with E-state index in [1.54, 1.807) is 32.4 Å². The molecule has 0 aliphatic rings. The topological polar surface area (TPSA) is 74.5 Å². The third-order valence-electron chi connectivity index (χ3n) is 3.94. The third kappa shape index (κ3) is 5.10. The molecule has 0 fully saturated rings. The highest BCUT2D eigenvalue weighted by Crippen LogP contribution is 2.30. The van der Waals surface area contributed by atoms with Crippen LogP contribution in [0.25, 0.3) is 11.5 Å². The second-order valence-electron chi connectivity index (χ2n) is 5.86. The van der Waals surface area contributed by atoms with Gasteiger partial charge in [0.05, 0.1) is 14.2 Å². The minimum atomic E-state index is -0.354. The standard InChI is InChI=1S/C20H19FN2O4S/c1-25-16-10-14(11-17(12-16)26-2)19-22-23-20(27-19)28-9-3-4-18(24)13-5-7-15(21)8-6-13/h5-8,10-12H,3-4,9H2,1-2H3. The summed E-state index contributed by atoms with van der Waals surface area (Å²) in [5.74, 6) is 1.89. The van der Waals surface area contributed by atoms with Gasteiger partial charge in [-0.05, 0) is 42.8 Å². The summed E-state index contributed by atoms with van der Waals surface area (Å²) in [6.45, 7) is 0. The number of rotatable bonds is 9. The number of methoxy groups -OCH3 is 2. The summed E-state index contributed by atoms with van der Waals surface area (Å²) in [6.07, 6.45) is 1.01. The van der Waals surface area contributed by atoms with Gasteiger partial charge in [-0.15, -0.1) is 10.2 Å². The van der Waals surface area contributed by atoms with E-state index >= 15 is 0 Å². The summed E-state index contributed by atoms with van der Waals surface area (Å²) < 4.78 is 29.1. The van der Waals surface area contributed by atoms with Gasteiger partial charge in [0.25, 0.3) is 5.22 Å². The van der Waals surface area contributed by atoms with E-state index in [9.17, 15) is 9.18 Å². The fourth-order valence-electron chi connectivity index (χ4n) is 2.49. The normalized spacial score (nSPS) is 10.7. The quantitative estimate of drug-likeness (QED) is 0.293. The molecular formula is C20H19FN2O4S. The van der Waals surface area contributed by atoms with E-state index in [0.717, 1.165) is 0 Å². The molecule has 0 aliphatic heterocycles. The molecule has 2 aromatic carbocycles. The summed E-state index contributed by atoms with van der Waals surface area (Å²) in [5.41, 5.74) is 1.21. The van der Waals surface area contributed by atoms with E-state index in [1.165, 1.54) is 36.0 Å². The largest absolute Gasteiger partial charge is 0.497 e. The van der Waals surface area contributed by atoms with Crippen molar-refractivity contribution in [2.45, 2.75) is 18.1 Å². The average Bonchev–Trinajstić information content (AvgIpc) is 3.20. The molecule has 0 radical (unpaired) electrons. The molecule has 0 N–H and O–H groups in total. The number of carbonyl (C=O) groups excluding carboxylic acids is 1. The highest BCUT2D eigenvalue weighted by atomic mass is 32.2. The lowest BCUT2D eigenvalue weighted by Crippen LogP contribution is -1.99. The van der Waals surface area contributed by atoms with Gasteiger partial charge < -0.3 is 13.9 Å². The predicted octanol–water partition coefficient (Wildman–Crippen LogP) is 4.65. The molecule has 0 atom stereocenters. The van der Waals surface area contributed by atoms with Gasteiger partial charge in [-0.2, -0.15) is 0 Å². The van der Waals surface area contributed by atoms with Crippen molar-refractivity contribution < 1.29 is 23.1 Å². The Morgan fingerprint density at radius 1 is 1.07 bits per heavy atom. The molecule has 0 spiro atoms. The molecule has 146 valence electrons. The molecule has 3 rings (SSSR count). The molecule has 1 aromatic heterocycles. The van der Waals surface area contributed by atoms with Crippen LogP contribution in [-0.2, 0) is 0 Å². The summed E-state index contributed by atoms with van der Waals surface area (Å²) in [4.78, 5) is 12.1. The van der Waals surface area contributed by atoms with Crippen molar-refractivity contribution in [3.05, 3.63) is 53.8 Å². The Balaban J connectivity index is 1.54. The fraction of sp³-hybridized carbons (Fsp3) is 0.250. The molecule has 3 aromatic rings. The van der Waals surface area contributed by atoms with Crippen LogP contribution in [0, 0.1) is 5.82 Å². The van der Waals surface area contributed by atoms with Crippen LogP contribution >= 0.6 is 11.8 Å². The Labute approximate surface area is 166 Å². The highest BCUT2D eigenvalue weighted by Gasteiger charge is 2.12. The van der Waals surface area contributed by atoms with Crippen molar-refractivity contribution >= 4 is 17.5 Å². The number of ketones is 1. The van der Waals surface area contributed by atoms with Crippen LogP contribution in [0.15, 0.2) is 52.1 Å². The van der Waals surface area contributed by atoms with Crippen LogP contribution in [0.5, 0.6) is 11.5 Å². The summed E-state index contributed by atoms with van der Waals surface area (Å²) in [5, 5.41) is 8.50. The maximum atomic E-state index is 12.9. The van der Waals surface area contributed by atoms with Gasteiger partial charge in [0.2, 0.25) is 5.89 Å². The number of benzene rings is 2. The van der Waals surface area contributed by atoms with Gasteiger partial charge in [-0.3, -0.25) is 4.79 Å². The monoisotopic (exact) mass is 402 g/mol. The molecule has 0 unspecified atom stereocenters. The maximum Gasteiger partial charge on any atom is 0.276 e. The SMILES string of the molecule is COc1cc(OC)cc(-c2nnc(SCCCC(=O)c3ccc(F)cc3)o2)c1. The van der Waals surface area contributed by atoms with E-state index in [-0.39, 0.29) is 11.6 Å². The zero-order chi connectivity index (χ0) is 19.9. The molecule has 0 bridgehead atoms. The van der Waals surface area contributed by atoms with Gasteiger partial charge in [0.1, 0.15) is 17.3 Å². The van der Waals surface area contributed by atoms with Crippen LogP contribution < -0.4 is 9.47 Å². The van der Waals surface area contributed by atoms with Crippen LogP contribution in [-0.4, -0.2) is 36.0 Å². The summed E-state index contributed by atoms with van der Waals surface area (Å²) in [6, 6.07) is 10.9. The van der Waals surface area contributed by atoms with Crippen molar-refractivity contribution in [1.29, 1.82) is 0 Å². The zero-order valence-electron chi connectivity index (χ0n) is 15.5. The van der Waals surface area contributed by atoms with Gasteiger partial charge in [-0.25, -0.2) is 4.39 Å². The van der Waals surface area contributed by atoms with E-state index in [2.05, 4.69) is 10.2 Å². The first-order valence-corrected chi connectivity index (χ1v) is 9.56. The minimum absolute atomic E-state index is 0.0182. The number of hydrogen-bond donors (Lipinski definition) is 0. The van der Waals surface area contributed by atoms with E-state index in [0.29, 0.717) is 52.3 Å². The Morgan fingerprint density at radius 3 is 2.39 bits per heavy atom. The number of ether oxygens (including phenoxy) is 2. The van der Waals surface area contributed by atoms with Crippen molar-refractivity contribution in [2.24, 2.45) is 0 Å². The van der Waals surface area contributed by atoms with Crippen LogP contribution in [0.3, 0.4) is 0 Å². The third-order valence-corrected chi connectivity index (χ3v) is 4.85. The van der Waals surface area contributed by atoms with Crippen LogP contribution in [0.4, 0.5) is 4.39 Å². The number of Topliss-reactive ketones (excluding diaryl/α,β-unsaturated/α-hetero) is 1. The van der Waals surface area contributed by atoms with Crippen LogP contribution in [0.2, 0.25) is 0 Å². The number of hydrogen-bond acceptors (Lipinski definition) is 7. The molecule has 28 heavy (non-hydrogen) atoms. The molecule has 0 aliphatic carbocycles. The van der Waals surface area contributed by atoms with Gasteiger partial charge in [0.15, 0.2) is 5.78 Å². The van der Waals surface area contributed by atoms with Crippen molar-refractivity contribution in [3.63, 3.8) is 0 Å².